The number of carbonyl (C=O) groups excluding carboxylic acids is 2. The van der Waals surface area contributed by atoms with E-state index in [-0.39, 0.29) is 12.2 Å². The zero-order chi connectivity index (χ0) is 22.9. The molecule has 3 rings (SSSR count). The monoisotopic (exact) mass is 434 g/mol. The quantitative estimate of drug-likeness (QED) is 0.373. The molecule has 0 aliphatic carbocycles. The molecule has 1 N–H and O–H groups in total. The summed E-state index contributed by atoms with van der Waals surface area (Å²) in [5, 5.41) is 10.9. The van der Waals surface area contributed by atoms with Gasteiger partial charge in [0.1, 0.15) is 18.1 Å². The highest BCUT2D eigenvalue weighted by Crippen LogP contribution is 2.29. The van der Waals surface area contributed by atoms with Gasteiger partial charge in [-0.2, -0.15) is 0 Å². The average Bonchev–Trinajstić information content (AvgIpc) is 2.82. The first-order valence-electron chi connectivity index (χ1n) is 10.4. The number of rotatable bonds is 10. The summed E-state index contributed by atoms with van der Waals surface area (Å²) in [5.74, 6) is -0.231. The smallest absolute Gasteiger partial charge is 0.303 e. The van der Waals surface area contributed by atoms with E-state index in [4.69, 9.17) is 14.2 Å². The van der Waals surface area contributed by atoms with Crippen LogP contribution in [0.15, 0.2) is 78.9 Å². The van der Waals surface area contributed by atoms with E-state index in [1.807, 2.05) is 37.3 Å². The lowest BCUT2D eigenvalue weighted by molar-refractivity contribution is -0.151. The van der Waals surface area contributed by atoms with Gasteiger partial charge in [0.2, 0.25) is 0 Å². The third kappa shape index (κ3) is 5.95. The summed E-state index contributed by atoms with van der Waals surface area (Å²) in [7, 11) is 0. The predicted octanol–water partition coefficient (Wildman–Crippen LogP) is 4.51. The molecule has 166 valence electrons. The molecule has 3 aromatic rings. The minimum atomic E-state index is -1.61. The van der Waals surface area contributed by atoms with Gasteiger partial charge in [-0.15, -0.1) is 0 Å². The van der Waals surface area contributed by atoms with Crippen LogP contribution in [-0.4, -0.2) is 29.6 Å². The highest BCUT2D eigenvalue weighted by atomic mass is 16.6. The summed E-state index contributed by atoms with van der Waals surface area (Å²) in [4.78, 5) is 24.9. The summed E-state index contributed by atoms with van der Waals surface area (Å²) in [6.07, 6.45) is -2.78. The molecule has 0 aliphatic rings. The van der Waals surface area contributed by atoms with Crippen LogP contribution in [0.2, 0.25) is 0 Å². The maximum Gasteiger partial charge on any atom is 0.303 e. The number of Topliss-reactive ketones (excluding diaryl/α,β-unsaturated/α-hetero) is 1. The van der Waals surface area contributed by atoms with Gasteiger partial charge in [0.25, 0.3) is 0 Å². The minimum absolute atomic E-state index is 0.207. The van der Waals surface area contributed by atoms with E-state index < -0.39 is 24.0 Å². The Labute approximate surface area is 187 Å². The minimum Gasteiger partial charge on any atom is -0.494 e. The highest BCUT2D eigenvalue weighted by molar-refractivity contribution is 6.02. The van der Waals surface area contributed by atoms with Gasteiger partial charge in [0.05, 0.1) is 12.2 Å². The van der Waals surface area contributed by atoms with Crippen molar-refractivity contribution in [1.82, 2.24) is 0 Å². The van der Waals surface area contributed by atoms with Gasteiger partial charge in [-0.1, -0.05) is 54.6 Å². The number of hydrogen-bond donors (Lipinski definition) is 1. The van der Waals surface area contributed by atoms with Crippen LogP contribution >= 0.6 is 0 Å². The summed E-state index contributed by atoms with van der Waals surface area (Å²) < 4.78 is 16.6. The molecule has 3 aromatic carbocycles. The molecule has 6 heteroatoms. The fourth-order valence-electron chi connectivity index (χ4n) is 3.24. The molecule has 0 saturated carbocycles. The third-order valence-electron chi connectivity index (χ3n) is 4.76. The van der Waals surface area contributed by atoms with E-state index >= 15 is 0 Å². The van der Waals surface area contributed by atoms with Gasteiger partial charge in [0.15, 0.2) is 18.0 Å². The normalized spacial score (nSPS) is 12.5. The first-order chi connectivity index (χ1) is 15.5. The van der Waals surface area contributed by atoms with Gasteiger partial charge in [-0.25, -0.2) is 0 Å². The molecule has 32 heavy (non-hydrogen) atoms. The second-order valence-corrected chi connectivity index (χ2v) is 7.11. The molecular weight excluding hydrogens is 408 g/mol. The molecule has 0 fully saturated rings. The number of aliphatic hydroxyl groups excluding tert-OH is 1. The molecule has 0 heterocycles. The van der Waals surface area contributed by atoms with Crippen molar-refractivity contribution in [3.05, 3.63) is 95.6 Å². The second kappa shape index (κ2) is 11.1. The molecule has 0 radical (unpaired) electrons. The van der Waals surface area contributed by atoms with Crippen LogP contribution < -0.4 is 9.47 Å². The number of para-hydroxylation sites is 1. The van der Waals surface area contributed by atoms with Crippen LogP contribution in [0.25, 0.3) is 0 Å². The molecule has 0 spiro atoms. The molecule has 2 unspecified atom stereocenters. The molecule has 0 aliphatic heterocycles. The van der Waals surface area contributed by atoms with Crippen molar-refractivity contribution in [2.45, 2.75) is 32.7 Å². The summed E-state index contributed by atoms with van der Waals surface area (Å²) >= 11 is 0. The molecule has 2 atom stereocenters. The number of ketones is 1. The topological polar surface area (TPSA) is 82.1 Å². The van der Waals surface area contributed by atoms with Gasteiger partial charge in [-0.05, 0) is 42.3 Å². The van der Waals surface area contributed by atoms with E-state index in [0.717, 1.165) is 5.56 Å². The van der Waals surface area contributed by atoms with Gasteiger partial charge in [0, 0.05) is 6.92 Å². The van der Waals surface area contributed by atoms with E-state index in [9.17, 15) is 14.7 Å². The Morgan fingerprint density at radius 2 is 1.53 bits per heavy atom. The van der Waals surface area contributed by atoms with Crippen LogP contribution in [0.4, 0.5) is 0 Å². The summed E-state index contributed by atoms with van der Waals surface area (Å²) in [5.41, 5.74) is 1.63. The lowest BCUT2D eigenvalue weighted by Crippen LogP contribution is -2.31. The number of carbonyl (C=O) groups is 2. The Morgan fingerprint density at radius 1 is 0.875 bits per heavy atom. The van der Waals surface area contributed by atoms with Crippen LogP contribution in [0.3, 0.4) is 0 Å². The SMILES string of the molecule is CCOc1ccc(C(OC(C)=O)C(O)C(=O)c2ccccc2OCc2ccccc2)cc1. The van der Waals surface area contributed by atoms with Crippen molar-refractivity contribution < 1.29 is 28.9 Å². The zero-order valence-corrected chi connectivity index (χ0v) is 18.1. The van der Waals surface area contributed by atoms with Crippen LogP contribution in [-0.2, 0) is 16.1 Å². The molecule has 0 amide bonds. The predicted molar refractivity (Wildman–Crippen MR) is 120 cm³/mol. The number of hydrogen-bond acceptors (Lipinski definition) is 6. The molecular formula is C26H26O6. The molecule has 0 bridgehead atoms. The van der Waals surface area contributed by atoms with Crippen molar-refractivity contribution in [3.63, 3.8) is 0 Å². The summed E-state index contributed by atoms with van der Waals surface area (Å²) in [6, 6.07) is 23.0. The van der Waals surface area contributed by atoms with E-state index in [0.29, 0.717) is 23.7 Å². The molecule has 6 nitrogen and oxygen atoms in total. The number of aliphatic hydroxyl groups is 1. The molecule has 0 saturated heterocycles. The maximum atomic E-state index is 13.2. The lowest BCUT2D eigenvalue weighted by Gasteiger charge is -2.23. The lowest BCUT2D eigenvalue weighted by atomic mass is 9.96. The molecule has 0 aromatic heterocycles. The number of esters is 1. The first-order valence-corrected chi connectivity index (χ1v) is 10.4. The van der Waals surface area contributed by atoms with Gasteiger partial charge < -0.3 is 19.3 Å². The maximum absolute atomic E-state index is 13.2. The third-order valence-corrected chi connectivity index (χ3v) is 4.76. The Morgan fingerprint density at radius 3 is 2.19 bits per heavy atom. The number of benzene rings is 3. The van der Waals surface area contributed by atoms with E-state index in [1.54, 1.807) is 48.5 Å². The Balaban J connectivity index is 1.83. The van der Waals surface area contributed by atoms with Crippen molar-refractivity contribution in [3.8, 4) is 11.5 Å². The Kier molecular flexibility index (Phi) is 8.00. The average molecular weight is 434 g/mol. The van der Waals surface area contributed by atoms with Crippen molar-refractivity contribution >= 4 is 11.8 Å². The fourth-order valence-corrected chi connectivity index (χ4v) is 3.24. The van der Waals surface area contributed by atoms with Gasteiger partial charge >= 0.3 is 5.97 Å². The zero-order valence-electron chi connectivity index (χ0n) is 18.1. The van der Waals surface area contributed by atoms with Crippen molar-refractivity contribution in [1.29, 1.82) is 0 Å². The number of ether oxygens (including phenoxy) is 3. The Hall–Kier alpha value is -3.64. The highest BCUT2D eigenvalue weighted by Gasteiger charge is 2.32. The van der Waals surface area contributed by atoms with E-state index in [2.05, 4.69) is 0 Å². The van der Waals surface area contributed by atoms with Crippen LogP contribution in [0, 0.1) is 0 Å². The Bertz CT molecular complexity index is 1030. The largest absolute Gasteiger partial charge is 0.494 e. The fraction of sp³-hybridized carbons (Fsp3) is 0.231. The first kappa shape index (κ1) is 23.0. The van der Waals surface area contributed by atoms with Crippen molar-refractivity contribution in [2.24, 2.45) is 0 Å². The van der Waals surface area contributed by atoms with Gasteiger partial charge in [-0.3, -0.25) is 9.59 Å². The summed E-state index contributed by atoms with van der Waals surface area (Å²) in [6.45, 7) is 3.88. The van der Waals surface area contributed by atoms with Crippen molar-refractivity contribution in [2.75, 3.05) is 6.61 Å². The second-order valence-electron chi connectivity index (χ2n) is 7.11. The van der Waals surface area contributed by atoms with Crippen LogP contribution in [0.1, 0.15) is 41.4 Å². The standard InChI is InChI=1S/C26H26O6/c1-3-30-21-15-13-20(14-16-21)26(32-18(2)27)25(29)24(28)22-11-7-8-12-23(22)31-17-19-9-5-4-6-10-19/h4-16,25-26,29H,3,17H2,1-2H3. The van der Waals surface area contributed by atoms with Crippen LogP contribution in [0.5, 0.6) is 11.5 Å². The van der Waals surface area contributed by atoms with E-state index in [1.165, 1.54) is 6.92 Å².